The molecule has 17 N–H and O–H groups in total. The molecule has 0 radical (unpaired) electrons. The average Bonchev–Trinajstić information content (AvgIpc) is 3.30. The van der Waals surface area contributed by atoms with Gasteiger partial charge in [0.2, 0.25) is 12.3 Å². The Labute approximate surface area is 378 Å². The second-order valence-corrected chi connectivity index (χ2v) is 16.2. The number of aliphatic carboxylic acids is 1. The SMILES string of the molecule is CC(=O)N[C@H]1[C@H](O[C@H]2[C@@H](O)[C@@H](CO)O[C@@H](O[C@H]3[C@H](O)[C@@H](O)[C@H](OC[C@@H](CO)NC=O)O[C@@H]3CO)[C@@H]2O)O[C@H](CO)[C@@H](O[C@@H]2O[C@H](CO)[C@H](O)[C@H](O[C@@H]3O[C@H](C(=O)[O-])[C@@H](O)[C@H](O)[C@H]3O)[C@H]2O)[C@@H]1O. The van der Waals surface area contributed by atoms with E-state index in [9.17, 15) is 96.1 Å². The number of aliphatic hydroxyl groups excluding tert-OH is 15. The van der Waals surface area contributed by atoms with Crippen LogP contribution in [0.4, 0.5) is 0 Å². The average molecular weight is 984 g/mol. The van der Waals surface area contributed by atoms with Crippen LogP contribution >= 0.6 is 0 Å². The first-order valence-corrected chi connectivity index (χ1v) is 20.8. The molecular formula is C36H59N2O29-. The van der Waals surface area contributed by atoms with Crippen molar-refractivity contribution in [3.05, 3.63) is 0 Å². The maximum Gasteiger partial charge on any atom is 0.217 e. The van der Waals surface area contributed by atoms with Crippen LogP contribution in [-0.2, 0) is 61.8 Å². The third kappa shape index (κ3) is 12.3. The number of nitrogens with one attached hydrogen (secondary N) is 2. The van der Waals surface area contributed by atoms with Gasteiger partial charge in [-0.25, -0.2) is 0 Å². The van der Waals surface area contributed by atoms with Crippen molar-refractivity contribution in [1.29, 1.82) is 0 Å². The summed E-state index contributed by atoms with van der Waals surface area (Å²) in [5.74, 6) is -2.90. The smallest absolute Gasteiger partial charge is 0.217 e. The molecule has 0 aromatic rings. The van der Waals surface area contributed by atoms with Crippen molar-refractivity contribution in [2.75, 3.05) is 39.6 Å². The van der Waals surface area contributed by atoms with E-state index in [2.05, 4.69) is 10.6 Å². The normalized spacial score (nSPS) is 46.6. The Morgan fingerprint density at radius 3 is 1.43 bits per heavy atom. The van der Waals surface area contributed by atoms with Gasteiger partial charge < -0.3 is 145 Å². The number of carbonyl (C=O) groups is 3. The first-order valence-electron chi connectivity index (χ1n) is 20.8. The predicted molar refractivity (Wildman–Crippen MR) is 200 cm³/mol. The molecule has 31 nitrogen and oxygen atoms in total. The van der Waals surface area contributed by atoms with Crippen molar-refractivity contribution < 1.29 is 143 Å². The molecule has 0 bridgehead atoms. The maximum absolute atomic E-state index is 12.5. The number of carbonyl (C=O) groups excluding carboxylic acids is 3. The van der Waals surface area contributed by atoms with Gasteiger partial charge in [0.15, 0.2) is 31.5 Å². The topological polar surface area (TPSA) is 494 Å². The van der Waals surface area contributed by atoms with E-state index in [1.54, 1.807) is 0 Å². The Morgan fingerprint density at radius 1 is 0.537 bits per heavy atom. The van der Waals surface area contributed by atoms with Gasteiger partial charge in [-0.2, -0.15) is 0 Å². The summed E-state index contributed by atoms with van der Waals surface area (Å²) in [6, 6.07) is -2.74. The second kappa shape index (κ2) is 24.5. The van der Waals surface area contributed by atoms with Crippen molar-refractivity contribution in [2.45, 2.75) is 166 Å². The fourth-order valence-electron chi connectivity index (χ4n) is 7.99. The molecule has 5 saturated heterocycles. The number of hydrogen-bond acceptors (Lipinski definition) is 29. The van der Waals surface area contributed by atoms with Gasteiger partial charge in [-0.15, -0.1) is 0 Å². The number of aliphatic hydroxyl groups is 15. The van der Waals surface area contributed by atoms with Crippen LogP contribution in [0.25, 0.3) is 0 Å². The summed E-state index contributed by atoms with van der Waals surface area (Å²) < 4.78 is 55.7. The molecule has 67 heavy (non-hydrogen) atoms. The van der Waals surface area contributed by atoms with E-state index >= 15 is 0 Å². The van der Waals surface area contributed by atoms with Crippen LogP contribution < -0.4 is 15.7 Å². The van der Waals surface area contributed by atoms with Gasteiger partial charge in [-0.1, -0.05) is 0 Å². The zero-order valence-electron chi connectivity index (χ0n) is 35.3. The number of rotatable bonds is 20. The van der Waals surface area contributed by atoms with Crippen LogP contribution in [0.2, 0.25) is 0 Å². The number of amides is 2. The number of carboxylic acids is 1. The van der Waals surface area contributed by atoms with Crippen molar-refractivity contribution >= 4 is 18.3 Å². The largest absolute Gasteiger partial charge is 0.547 e. The zero-order valence-corrected chi connectivity index (χ0v) is 35.3. The van der Waals surface area contributed by atoms with Crippen LogP contribution in [0.5, 0.6) is 0 Å². The van der Waals surface area contributed by atoms with Crippen LogP contribution in [0.1, 0.15) is 6.92 Å². The molecule has 0 aromatic heterocycles. The fourth-order valence-corrected chi connectivity index (χ4v) is 7.99. The Morgan fingerprint density at radius 2 is 0.970 bits per heavy atom. The molecule has 388 valence electrons. The number of ether oxygens (including phenoxy) is 10. The lowest BCUT2D eigenvalue weighted by atomic mass is 9.94. The van der Waals surface area contributed by atoms with E-state index in [1.807, 2.05) is 0 Å². The van der Waals surface area contributed by atoms with Crippen LogP contribution in [-0.4, -0.2) is 294 Å². The second-order valence-electron chi connectivity index (χ2n) is 16.2. The minimum Gasteiger partial charge on any atom is -0.547 e. The molecule has 0 unspecified atom stereocenters. The van der Waals surface area contributed by atoms with E-state index in [0.29, 0.717) is 0 Å². The number of hydrogen-bond donors (Lipinski definition) is 17. The van der Waals surface area contributed by atoms with Crippen LogP contribution in [0.3, 0.4) is 0 Å². The molecule has 5 heterocycles. The molecule has 5 fully saturated rings. The predicted octanol–water partition coefficient (Wildman–Crippen LogP) is -13.9. The van der Waals surface area contributed by atoms with Crippen molar-refractivity contribution in [1.82, 2.24) is 10.6 Å². The van der Waals surface area contributed by atoms with Gasteiger partial charge in [-0.3, -0.25) is 9.59 Å². The highest BCUT2D eigenvalue weighted by Crippen LogP contribution is 2.36. The molecule has 5 rings (SSSR count). The van der Waals surface area contributed by atoms with Crippen LogP contribution in [0.15, 0.2) is 0 Å². The van der Waals surface area contributed by atoms with Gasteiger partial charge in [0.05, 0.1) is 51.7 Å². The molecule has 2 amide bonds. The van der Waals surface area contributed by atoms with Gasteiger partial charge in [-0.05, 0) is 0 Å². The number of carboxylic acid groups (broad SMARTS) is 1. The standard InChI is InChI=1S/C36H60N2O29/c1-9(45)38-15-18(48)26(63-35-25(55)29(17(47)12(4-41)59-35)66-34-22(52)19(49)20(50)30(67-34)31(56)57)13(5-42)61-32(15)65-28-16(46)11(3-40)60-36(24(28)54)64-27-14(6-43)62-33(23(53)21(27)51)58-7-10(2-39)37-8-44/h8,10-30,32-36,39-43,46-55H,2-7H2,1H3,(H,37,44)(H,38,45)(H,56,57)/p-1/t10-,11-,12-,13-,14-,15-,16+,17+,18-,19+,20+,21-,22-,23-,24-,25-,26-,27-,28+,29+,30+,32+,33-,34-,35+,36+/m1/s1. The van der Waals surface area contributed by atoms with Gasteiger partial charge in [0.25, 0.3) is 0 Å². The molecule has 0 aliphatic carbocycles. The Kier molecular flexibility index (Phi) is 20.2. The monoisotopic (exact) mass is 983 g/mol. The summed E-state index contributed by atoms with van der Waals surface area (Å²) in [4.78, 5) is 34.8. The third-order valence-corrected chi connectivity index (χ3v) is 11.6. The lowest BCUT2D eigenvalue weighted by Gasteiger charge is -2.50. The van der Waals surface area contributed by atoms with E-state index in [1.165, 1.54) is 0 Å². The van der Waals surface area contributed by atoms with Gasteiger partial charge in [0.1, 0.15) is 122 Å². The van der Waals surface area contributed by atoms with Crippen LogP contribution in [0, 0.1) is 0 Å². The summed E-state index contributed by atoms with van der Waals surface area (Å²) in [5.41, 5.74) is 0. The molecule has 26 atom stereocenters. The Bertz CT molecular complexity index is 1570. The van der Waals surface area contributed by atoms with E-state index in [-0.39, 0.29) is 6.41 Å². The third-order valence-electron chi connectivity index (χ3n) is 11.6. The van der Waals surface area contributed by atoms with Gasteiger partial charge >= 0.3 is 0 Å². The Hall–Kier alpha value is -2.59. The van der Waals surface area contributed by atoms with E-state index < -0.39 is 211 Å². The molecular weight excluding hydrogens is 924 g/mol. The molecule has 5 aliphatic heterocycles. The summed E-state index contributed by atoms with van der Waals surface area (Å²) in [6.45, 7) is -4.00. The molecule has 5 aliphatic rings. The molecule has 0 spiro atoms. The quantitative estimate of drug-likeness (QED) is 0.0504. The van der Waals surface area contributed by atoms with Crippen molar-refractivity contribution in [2.24, 2.45) is 0 Å². The lowest BCUT2D eigenvalue weighted by Crippen LogP contribution is -2.70. The summed E-state index contributed by atoms with van der Waals surface area (Å²) in [7, 11) is 0. The molecule has 0 aromatic carbocycles. The molecule has 0 saturated carbocycles. The summed E-state index contributed by atoms with van der Waals surface area (Å²) in [5, 5.41) is 175. The van der Waals surface area contributed by atoms with Crippen molar-refractivity contribution in [3.8, 4) is 0 Å². The highest BCUT2D eigenvalue weighted by molar-refractivity contribution is 5.73. The summed E-state index contributed by atoms with van der Waals surface area (Å²) in [6.07, 6.45) is -47.2. The highest BCUT2D eigenvalue weighted by Gasteiger charge is 2.57. The Balaban J connectivity index is 1.33. The van der Waals surface area contributed by atoms with E-state index in [0.717, 1.165) is 6.92 Å². The minimum atomic E-state index is -2.27. The molecule has 31 heteroatoms. The highest BCUT2D eigenvalue weighted by atomic mass is 16.8. The maximum atomic E-state index is 12.5. The van der Waals surface area contributed by atoms with Gasteiger partial charge in [0, 0.05) is 6.92 Å². The minimum absolute atomic E-state index is 0.278. The summed E-state index contributed by atoms with van der Waals surface area (Å²) >= 11 is 0. The first kappa shape index (κ1) is 55.3. The van der Waals surface area contributed by atoms with E-state index in [4.69, 9.17) is 47.4 Å². The first-order chi connectivity index (χ1) is 31.8. The zero-order chi connectivity index (χ0) is 49.6. The van der Waals surface area contributed by atoms with Crippen molar-refractivity contribution in [3.63, 3.8) is 0 Å². The fraction of sp³-hybridized carbons (Fsp3) is 0.917. The lowest BCUT2D eigenvalue weighted by molar-refractivity contribution is -0.389.